The summed E-state index contributed by atoms with van der Waals surface area (Å²) in [5, 5.41) is 33.9. The van der Waals surface area contributed by atoms with Gasteiger partial charge in [0.1, 0.15) is 11.6 Å². The monoisotopic (exact) mass is 763 g/mol. The van der Waals surface area contributed by atoms with Gasteiger partial charge in [0.15, 0.2) is 17.3 Å². The molecule has 0 saturated carbocycles. The maximum atomic E-state index is 13.2. The summed E-state index contributed by atoms with van der Waals surface area (Å²) >= 11 is 0. The van der Waals surface area contributed by atoms with Crippen molar-refractivity contribution in [3.05, 3.63) is 124 Å². The number of aromatic hydroxyl groups is 1. The summed E-state index contributed by atoms with van der Waals surface area (Å²) in [6, 6.07) is 24.2. The first-order chi connectivity index (χ1) is 27.1. The molecular formula is C47H61N3O6. The highest BCUT2D eigenvalue weighted by Crippen LogP contribution is 2.35. The second kappa shape index (κ2) is 23.3. The van der Waals surface area contributed by atoms with Gasteiger partial charge in [-0.2, -0.15) is 0 Å². The van der Waals surface area contributed by atoms with Crippen LogP contribution in [0.3, 0.4) is 0 Å². The van der Waals surface area contributed by atoms with Gasteiger partial charge in [-0.15, -0.1) is 0 Å². The van der Waals surface area contributed by atoms with E-state index in [-0.39, 0.29) is 30.3 Å². The lowest BCUT2D eigenvalue weighted by Crippen LogP contribution is -2.19. The molecule has 4 rings (SSSR count). The molecular weight excluding hydrogens is 703 g/mol. The Morgan fingerprint density at radius 2 is 1.57 bits per heavy atom. The third-order valence-corrected chi connectivity index (χ3v) is 10.5. The highest BCUT2D eigenvalue weighted by atomic mass is 16.5. The number of aliphatic hydroxyl groups excluding tert-OH is 2. The fraction of sp³-hybridized carbons (Fsp3) is 0.426. The number of nitrogens with zero attached hydrogens (tertiary/aromatic N) is 1. The first-order valence-corrected chi connectivity index (χ1v) is 20.0. The van der Waals surface area contributed by atoms with Crippen molar-refractivity contribution >= 4 is 23.0 Å². The van der Waals surface area contributed by atoms with Gasteiger partial charge in [-0.05, 0) is 152 Å². The molecule has 0 amide bonds. The van der Waals surface area contributed by atoms with Crippen LogP contribution in [-0.4, -0.2) is 65.8 Å². The number of nitrogens with two attached hydrogens (primary N) is 1. The fourth-order valence-corrected chi connectivity index (χ4v) is 7.60. The van der Waals surface area contributed by atoms with E-state index in [0.717, 1.165) is 62.6 Å². The minimum atomic E-state index is -0.453. The Bertz CT molecular complexity index is 1880. The van der Waals surface area contributed by atoms with E-state index >= 15 is 0 Å². The zero-order chi connectivity index (χ0) is 40.3. The van der Waals surface area contributed by atoms with Crippen LogP contribution in [0.15, 0.2) is 85.1 Å². The number of carbonyl (C=O) groups excluding carboxylic acids is 2. The number of nitrogens with one attached hydrogen (secondary N) is 1. The number of phenols is 1. The predicted molar refractivity (Wildman–Crippen MR) is 225 cm³/mol. The van der Waals surface area contributed by atoms with Crippen LogP contribution in [0.1, 0.15) is 90.8 Å². The van der Waals surface area contributed by atoms with Crippen LogP contribution in [0.5, 0.6) is 11.5 Å². The van der Waals surface area contributed by atoms with Crippen LogP contribution < -0.4 is 15.8 Å². The summed E-state index contributed by atoms with van der Waals surface area (Å²) < 4.78 is 5.42. The summed E-state index contributed by atoms with van der Waals surface area (Å²) in [5.41, 5.74) is 13.4. The number of aromatic nitrogens is 1. The second-order valence-corrected chi connectivity index (χ2v) is 15.1. The molecule has 0 spiro atoms. The Morgan fingerprint density at radius 1 is 0.875 bits per heavy atom. The molecule has 300 valence electrons. The van der Waals surface area contributed by atoms with Gasteiger partial charge in [0.25, 0.3) is 0 Å². The first kappa shape index (κ1) is 43.9. The molecule has 1 aromatic heterocycles. The number of nitrogen functional groups attached to an aromatic ring is 1. The van der Waals surface area contributed by atoms with Crippen LogP contribution in [0.2, 0.25) is 0 Å². The number of aliphatic hydroxyl groups is 2. The molecule has 0 bridgehead atoms. The normalized spacial score (nSPS) is 12.7. The number of carbonyl (C=O) groups is 2. The number of ether oxygens (including phenoxy) is 1. The number of Topliss-reactive ketones (excluding diaryl/α,β-unsaturated/α-hetero) is 1. The summed E-state index contributed by atoms with van der Waals surface area (Å²) in [7, 11) is 3.38. The van der Waals surface area contributed by atoms with Gasteiger partial charge in [-0.1, -0.05) is 67.9 Å². The number of aryl methyl sites for hydroxylation is 4. The molecule has 56 heavy (non-hydrogen) atoms. The summed E-state index contributed by atoms with van der Waals surface area (Å²) in [6.07, 6.45) is 11.1. The van der Waals surface area contributed by atoms with Crippen molar-refractivity contribution in [1.82, 2.24) is 10.3 Å². The first-order valence-electron chi connectivity index (χ1n) is 20.0. The summed E-state index contributed by atoms with van der Waals surface area (Å²) in [5.74, 6) is 0.916. The van der Waals surface area contributed by atoms with Crippen molar-refractivity contribution in [2.75, 3.05) is 39.6 Å². The van der Waals surface area contributed by atoms with E-state index in [1.165, 1.54) is 29.9 Å². The Balaban J connectivity index is 1.46. The maximum Gasteiger partial charge on any atom is 0.163 e. The third-order valence-electron chi connectivity index (χ3n) is 10.5. The van der Waals surface area contributed by atoms with Crippen LogP contribution in [0.4, 0.5) is 5.82 Å². The lowest BCUT2D eigenvalue weighted by molar-refractivity contribution is -0.124. The van der Waals surface area contributed by atoms with Gasteiger partial charge < -0.3 is 31.1 Å². The van der Waals surface area contributed by atoms with Crippen LogP contribution in [-0.2, 0) is 41.7 Å². The van der Waals surface area contributed by atoms with E-state index in [2.05, 4.69) is 65.8 Å². The number of phenolic OH excluding ortho intramolecular Hbond substituents is 1. The molecule has 6 N–H and O–H groups in total. The smallest absolute Gasteiger partial charge is 0.163 e. The molecule has 0 aliphatic carbocycles. The average molecular weight is 764 g/mol. The minimum Gasteiger partial charge on any atom is -0.504 e. The molecule has 1 heterocycles. The Kier molecular flexibility index (Phi) is 18.3. The van der Waals surface area contributed by atoms with Gasteiger partial charge in [-0.3, -0.25) is 9.59 Å². The quantitative estimate of drug-likeness (QED) is 0.0347. The number of methoxy groups -OCH3 is 1. The molecule has 0 saturated heterocycles. The number of pyridine rings is 1. The van der Waals surface area contributed by atoms with Crippen molar-refractivity contribution < 1.29 is 29.6 Å². The van der Waals surface area contributed by atoms with Crippen molar-refractivity contribution in [1.29, 1.82) is 0 Å². The number of anilines is 1. The van der Waals surface area contributed by atoms with Crippen LogP contribution >= 0.6 is 0 Å². The van der Waals surface area contributed by atoms with Gasteiger partial charge in [0.2, 0.25) is 0 Å². The van der Waals surface area contributed by atoms with Crippen molar-refractivity contribution in [2.45, 2.75) is 84.0 Å². The molecule has 4 aromatic rings. The predicted octanol–water partition coefficient (Wildman–Crippen LogP) is 7.25. The summed E-state index contributed by atoms with van der Waals surface area (Å²) in [6.45, 7) is 2.82. The van der Waals surface area contributed by atoms with Gasteiger partial charge in [-0.25, -0.2) is 4.98 Å². The molecule has 0 fully saturated rings. The standard InChI is InChI=1S/C47H61N3O6/c1-33(30-49-2)22-35(15-9-21-51)14-8-16-42(53)28-43(54)25-41(32-52)44-29-46(56-3)45(55)26-39(44)24-40-31-50-47(48)27-38(40)20-19-37-13-7-12-36(23-37)18-17-34-10-5-4-6-11-34/h4-7,10-13,23,25-27,29,31,33,35,49,51-52,55H,8-9,14-22,24,28,30,32H2,1-3H3,(H2,48,50). The second-order valence-electron chi connectivity index (χ2n) is 15.1. The highest BCUT2D eigenvalue weighted by molar-refractivity contribution is 6.07. The number of hydrogen-bond acceptors (Lipinski definition) is 9. The molecule has 0 radical (unpaired) electrons. The molecule has 0 aliphatic rings. The molecule has 2 atom stereocenters. The lowest BCUT2D eigenvalue weighted by Gasteiger charge is -2.20. The van der Waals surface area contributed by atoms with Crippen molar-refractivity contribution in [3.8, 4) is 11.5 Å². The number of hydrogen-bond donors (Lipinski definition) is 5. The highest BCUT2D eigenvalue weighted by Gasteiger charge is 2.19. The average Bonchev–Trinajstić information content (AvgIpc) is 3.19. The number of allylic oxidation sites excluding steroid dienone is 1. The van der Waals surface area contributed by atoms with Gasteiger partial charge >= 0.3 is 0 Å². The van der Waals surface area contributed by atoms with Crippen molar-refractivity contribution in [3.63, 3.8) is 0 Å². The van der Waals surface area contributed by atoms with Crippen LogP contribution in [0, 0.1) is 11.8 Å². The maximum absolute atomic E-state index is 13.2. The van der Waals surface area contributed by atoms with Gasteiger partial charge in [0.05, 0.1) is 20.1 Å². The van der Waals surface area contributed by atoms with E-state index in [0.29, 0.717) is 60.0 Å². The van der Waals surface area contributed by atoms with Crippen LogP contribution in [0.25, 0.3) is 5.57 Å². The Hall–Kier alpha value is -4.83. The Morgan fingerprint density at radius 3 is 2.27 bits per heavy atom. The zero-order valence-corrected chi connectivity index (χ0v) is 33.4. The van der Waals surface area contributed by atoms with E-state index in [1.807, 2.05) is 19.2 Å². The summed E-state index contributed by atoms with van der Waals surface area (Å²) in [4.78, 5) is 30.6. The minimum absolute atomic E-state index is 0.0695. The molecule has 9 nitrogen and oxygen atoms in total. The molecule has 2 unspecified atom stereocenters. The number of benzene rings is 3. The van der Waals surface area contributed by atoms with E-state index < -0.39 is 12.4 Å². The fourth-order valence-electron chi connectivity index (χ4n) is 7.60. The molecule has 3 aromatic carbocycles. The lowest BCUT2D eigenvalue weighted by atomic mass is 9.87. The third kappa shape index (κ3) is 14.3. The van der Waals surface area contributed by atoms with E-state index in [4.69, 9.17) is 10.5 Å². The topological polar surface area (TPSA) is 155 Å². The van der Waals surface area contributed by atoms with Crippen molar-refractivity contribution in [2.24, 2.45) is 11.8 Å². The Labute approximate surface area is 333 Å². The number of rotatable bonds is 25. The molecule has 9 heteroatoms. The SMILES string of the molecule is CNCC(C)CC(CCCO)CCCC(=O)CC(=O)C=C(CO)c1cc(OC)c(O)cc1Cc1cnc(N)cc1CCc1cccc(CCc2ccccc2)c1. The number of ketones is 2. The molecule has 0 aliphatic heterocycles. The van der Waals surface area contributed by atoms with Gasteiger partial charge in [0, 0.05) is 19.2 Å². The van der Waals surface area contributed by atoms with E-state index in [9.17, 15) is 24.9 Å². The van der Waals surface area contributed by atoms with E-state index in [1.54, 1.807) is 18.3 Å². The largest absolute Gasteiger partial charge is 0.504 e. The zero-order valence-electron chi connectivity index (χ0n) is 33.4.